The zero-order valence-electron chi connectivity index (χ0n) is 7.97. The van der Waals surface area contributed by atoms with Crippen LogP contribution in [0.25, 0.3) is 0 Å². The molecule has 0 aromatic carbocycles. The topological polar surface area (TPSA) is 48.1 Å². The molecular formula is C9H13ClN2O. The standard InChI is InChI=1S/C9H13ClN2O/c1-9(2,3)13-8-6(10)4-12-5-7(8)11/h4-5H,11H2,1-3H3. The van der Waals surface area contributed by atoms with E-state index >= 15 is 0 Å². The van der Waals surface area contributed by atoms with Gasteiger partial charge in [-0.3, -0.25) is 4.98 Å². The lowest BCUT2D eigenvalue weighted by molar-refractivity contribution is 0.132. The Labute approximate surface area is 82.9 Å². The Kier molecular flexibility index (Phi) is 2.66. The molecule has 0 aliphatic carbocycles. The molecular weight excluding hydrogens is 188 g/mol. The molecule has 1 aromatic heterocycles. The minimum absolute atomic E-state index is 0.306. The van der Waals surface area contributed by atoms with Gasteiger partial charge in [-0.2, -0.15) is 0 Å². The van der Waals surface area contributed by atoms with E-state index in [4.69, 9.17) is 22.1 Å². The molecule has 1 aromatic rings. The average molecular weight is 201 g/mol. The highest BCUT2D eigenvalue weighted by molar-refractivity contribution is 6.32. The van der Waals surface area contributed by atoms with Gasteiger partial charge in [-0.05, 0) is 20.8 Å². The molecule has 1 heterocycles. The lowest BCUT2D eigenvalue weighted by Gasteiger charge is -2.22. The van der Waals surface area contributed by atoms with Crippen molar-refractivity contribution < 1.29 is 4.74 Å². The van der Waals surface area contributed by atoms with Gasteiger partial charge in [-0.15, -0.1) is 0 Å². The third-order valence-corrected chi connectivity index (χ3v) is 1.56. The summed E-state index contributed by atoms with van der Waals surface area (Å²) in [6, 6.07) is 0. The summed E-state index contributed by atoms with van der Waals surface area (Å²) >= 11 is 5.87. The van der Waals surface area contributed by atoms with E-state index in [1.54, 1.807) is 0 Å². The molecule has 0 aliphatic rings. The van der Waals surface area contributed by atoms with Crippen LogP contribution in [0.1, 0.15) is 20.8 Å². The van der Waals surface area contributed by atoms with Crippen LogP contribution < -0.4 is 10.5 Å². The smallest absolute Gasteiger partial charge is 0.164 e. The second kappa shape index (κ2) is 3.42. The van der Waals surface area contributed by atoms with Crippen LogP contribution in [0.3, 0.4) is 0 Å². The maximum atomic E-state index is 5.87. The van der Waals surface area contributed by atoms with Crippen LogP contribution in [0.5, 0.6) is 5.75 Å². The number of aromatic nitrogens is 1. The van der Waals surface area contributed by atoms with Crippen molar-refractivity contribution in [3.63, 3.8) is 0 Å². The van der Waals surface area contributed by atoms with Gasteiger partial charge in [0.1, 0.15) is 10.6 Å². The third-order valence-electron chi connectivity index (χ3n) is 1.29. The van der Waals surface area contributed by atoms with Crippen molar-refractivity contribution in [2.75, 3.05) is 5.73 Å². The molecule has 0 aliphatic heterocycles. The molecule has 72 valence electrons. The average Bonchev–Trinajstić information content (AvgIpc) is 1.95. The fraction of sp³-hybridized carbons (Fsp3) is 0.444. The highest BCUT2D eigenvalue weighted by Gasteiger charge is 2.16. The summed E-state index contributed by atoms with van der Waals surface area (Å²) in [5, 5.41) is 0.440. The number of hydrogen-bond donors (Lipinski definition) is 1. The number of nitrogens with two attached hydrogens (primary N) is 1. The summed E-state index contributed by atoms with van der Waals surface area (Å²) in [5.41, 5.74) is 5.81. The number of halogens is 1. The van der Waals surface area contributed by atoms with Crippen LogP contribution in [0.4, 0.5) is 5.69 Å². The van der Waals surface area contributed by atoms with Crippen LogP contribution in [-0.2, 0) is 0 Å². The van der Waals surface area contributed by atoms with Gasteiger partial charge in [0.2, 0.25) is 0 Å². The molecule has 0 bridgehead atoms. The molecule has 0 saturated heterocycles. The van der Waals surface area contributed by atoms with Gasteiger partial charge in [0.25, 0.3) is 0 Å². The van der Waals surface area contributed by atoms with Gasteiger partial charge in [0.15, 0.2) is 5.75 Å². The SMILES string of the molecule is CC(C)(C)Oc1c(N)cncc1Cl. The number of rotatable bonds is 1. The molecule has 0 fully saturated rings. The Bertz CT molecular complexity index is 287. The summed E-state index contributed by atoms with van der Waals surface area (Å²) in [5.74, 6) is 0.504. The quantitative estimate of drug-likeness (QED) is 0.758. The van der Waals surface area contributed by atoms with Crippen molar-refractivity contribution in [2.24, 2.45) is 0 Å². The van der Waals surface area contributed by atoms with Gasteiger partial charge < -0.3 is 10.5 Å². The minimum Gasteiger partial charge on any atom is -0.484 e. The summed E-state index contributed by atoms with van der Waals surface area (Å²) in [4.78, 5) is 3.84. The zero-order chi connectivity index (χ0) is 10.1. The molecule has 0 unspecified atom stereocenters. The highest BCUT2D eigenvalue weighted by atomic mass is 35.5. The fourth-order valence-electron chi connectivity index (χ4n) is 0.852. The first-order valence-electron chi connectivity index (χ1n) is 3.98. The van der Waals surface area contributed by atoms with Gasteiger partial charge in [0.05, 0.1) is 11.9 Å². The molecule has 0 saturated carbocycles. The van der Waals surface area contributed by atoms with Crippen LogP contribution in [0.15, 0.2) is 12.4 Å². The molecule has 13 heavy (non-hydrogen) atoms. The summed E-state index contributed by atoms with van der Waals surface area (Å²) in [6.45, 7) is 5.80. The van der Waals surface area contributed by atoms with Gasteiger partial charge in [-0.25, -0.2) is 0 Å². The Hall–Kier alpha value is -0.960. The predicted octanol–water partition coefficient (Wildman–Crippen LogP) is 2.49. The second-order valence-electron chi connectivity index (χ2n) is 3.75. The van der Waals surface area contributed by atoms with Crippen molar-refractivity contribution in [3.8, 4) is 5.75 Å². The van der Waals surface area contributed by atoms with Crippen molar-refractivity contribution >= 4 is 17.3 Å². The van der Waals surface area contributed by atoms with Crippen molar-refractivity contribution in [1.29, 1.82) is 0 Å². The molecule has 0 atom stereocenters. The lowest BCUT2D eigenvalue weighted by Crippen LogP contribution is -2.23. The first-order chi connectivity index (χ1) is 5.90. The van der Waals surface area contributed by atoms with Crippen molar-refractivity contribution in [1.82, 2.24) is 4.98 Å². The fourth-order valence-corrected chi connectivity index (χ4v) is 1.06. The van der Waals surface area contributed by atoms with Crippen LogP contribution in [0.2, 0.25) is 5.02 Å². The Morgan fingerprint density at radius 3 is 2.46 bits per heavy atom. The lowest BCUT2D eigenvalue weighted by atomic mass is 10.2. The highest BCUT2D eigenvalue weighted by Crippen LogP contribution is 2.32. The van der Waals surface area contributed by atoms with Gasteiger partial charge >= 0.3 is 0 Å². The van der Waals surface area contributed by atoms with Crippen molar-refractivity contribution in [3.05, 3.63) is 17.4 Å². The van der Waals surface area contributed by atoms with E-state index in [1.165, 1.54) is 12.4 Å². The molecule has 1 rings (SSSR count). The molecule has 3 nitrogen and oxygen atoms in total. The maximum Gasteiger partial charge on any atom is 0.164 e. The van der Waals surface area contributed by atoms with E-state index in [0.29, 0.717) is 16.5 Å². The number of hydrogen-bond acceptors (Lipinski definition) is 3. The number of anilines is 1. The first kappa shape index (κ1) is 10.1. The monoisotopic (exact) mass is 200 g/mol. The maximum absolute atomic E-state index is 5.87. The van der Waals surface area contributed by atoms with Gasteiger partial charge in [0, 0.05) is 6.20 Å². The largest absolute Gasteiger partial charge is 0.484 e. The molecule has 2 N–H and O–H groups in total. The zero-order valence-corrected chi connectivity index (χ0v) is 8.72. The van der Waals surface area contributed by atoms with Crippen LogP contribution in [0, 0.1) is 0 Å². The summed E-state index contributed by atoms with van der Waals surface area (Å²) in [7, 11) is 0. The van der Waals surface area contributed by atoms with E-state index in [-0.39, 0.29) is 5.60 Å². The Morgan fingerprint density at radius 2 is 2.00 bits per heavy atom. The number of nitrogens with zero attached hydrogens (tertiary/aromatic N) is 1. The van der Waals surface area contributed by atoms with Crippen molar-refractivity contribution in [2.45, 2.75) is 26.4 Å². The van der Waals surface area contributed by atoms with Crippen LogP contribution in [-0.4, -0.2) is 10.6 Å². The Morgan fingerprint density at radius 1 is 1.38 bits per heavy atom. The summed E-state index contributed by atoms with van der Waals surface area (Å²) < 4.78 is 5.57. The predicted molar refractivity (Wildman–Crippen MR) is 54.0 cm³/mol. The first-order valence-corrected chi connectivity index (χ1v) is 4.36. The number of nitrogen functional groups attached to an aromatic ring is 1. The van der Waals surface area contributed by atoms with E-state index in [2.05, 4.69) is 4.98 Å². The van der Waals surface area contributed by atoms with E-state index < -0.39 is 0 Å². The van der Waals surface area contributed by atoms with E-state index in [0.717, 1.165) is 0 Å². The third kappa shape index (κ3) is 2.77. The van der Waals surface area contributed by atoms with E-state index in [1.807, 2.05) is 20.8 Å². The summed E-state index contributed by atoms with van der Waals surface area (Å²) in [6.07, 6.45) is 3.03. The Balaban J connectivity index is 3.00. The molecule has 0 spiro atoms. The molecule has 0 radical (unpaired) electrons. The second-order valence-corrected chi connectivity index (χ2v) is 4.16. The number of ether oxygens (including phenoxy) is 1. The molecule has 0 amide bonds. The minimum atomic E-state index is -0.306. The normalized spacial score (nSPS) is 11.4. The molecule has 4 heteroatoms. The number of pyridine rings is 1. The van der Waals surface area contributed by atoms with Crippen LogP contribution >= 0.6 is 11.6 Å². The van der Waals surface area contributed by atoms with Gasteiger partial charge in [-0.1, -0.05) is 11.6 Å². The van der Waals surface area contributed by atoms with E-state index in [9.17, 15) is 0 Å².